The van der Waals surface area contributed by atoms with E-state index in [9.17, 15) is 9.90 Å². The van der Waals surface area contributed by atoms with Gasteiger partial charge in [0, 0.05) is 19.3 Å². The summed E-state index contributed by atoms with van der Waals surface area (Å²) in [4.78, 5) is 23.2. The first-order valence-electron chi connectivity index (χ1n) is 9.44. The third-order valence-electron chi connectivity index (χ3n) is 4.74. The van der Waals surface area contributed by atoms with Crippen molar-refractivity contribution in [3.05, 3.63) is 41.6 Å². The Morgan fingerprint density at radius 1 is 1.36 bits per heavy atom. The molecule has 0 unspecified atom stereocenters. The predicted molar refractivity (Wildman–Crippen MR) is 106 cm³/mol. The molecule has 150 valence electrons. The van der Waals surface area contributed by atoms with E-state index in [1.54, 1.807) is 14.0 Å². The van der Waals surface area contributed by atoms with Crippen molar-refractivity contribution in [1.82, 2.24) is 9.97 Å². The molecule has 3 rings (SSSR count). The Labute approximate surface area is 164 Å². The summed E-state index contributed by atoms with van der Waals surface area (Å²) in [5.41, 5.74) is 1.31. The summed E-state index contributed by atoms with van der Waals surface area (Å²) in [6, 6.07) is 7.65. The molecule has 2 N–H and O–H groups in total. The first kappa shape index (κ1) is 19.9. The zero-order chi connectivity index (χ0) is 19.9. The van der Waals surface area contributed by atoms with Crippen LogP contribution < -0.4 is 15.0 Å². The van der Waals surface area contributed by atoms with Gasteiger partial charge in [-0.2, -0.15) is 4.98 Å². The number of aromatic nitrogens is 2. The molecule has 0 bridgehead atoms. The summed E-state index contributed by atoms with van der Waals surface area (Å²) in [7, 11) is 1.62. The van der Waals surface area contributed by atoms with Crippen LogP contribution in [0.3, 0.4) is 0 Å². The number of nitrogens with zero attached hydrogens (tertiary/aromatic N) is 3. The fourth-order valence-electron chi connectivity index (χ4n) is 3.22. The molecule has 0 amide bonds. The lowest BCUT2D eigenvalue weighted by Gasteiger charge is -2.23. The number of nitrogens with one attached hydrogen (secondary N) is 1. The molecule has 1 aliphatic heterocycles. The lowest BCUT2D eigenvalue weighted by molar-refractivity contribution is 0.0526. The lowest BCUT2D eigenvalue weighted by atomic mass is 10.2. The van der Waals surface area contributed by atoms with Crippen molar-refractivity contribution in [1.29, 1.82) is 0 Å². The monoisotopic (exact) mass is 386 g/mol. The van der Waals surface area contributed by atoms with Crippen molar-refractivity contribution in [3.8, 4) is 5.75 Å². The maximum atomic E-state index is 12.3. The van der Waals surface area contributed by atoms with Crippen LogP contribution in [-0.4, -0.2) is 54.0 Å². The van der Waals surface area contributed by atoms with Gasteiger partial charge in [0.1, 0.15) is 17.1 Å². The van der Waals surface area contributed by atoms with E-state index < -0.39 is 5.97 Å². The minimum Gasteiger partial charge on any atom is -0.497 e. The van der Waals surface area contributed by atoms with Crippen LogP contribution in [0.15, 0.2) is 30.5 Å². The summed E-state index contributed by atoms with van der Waals surface area (Å²) < 4.78 is 10.3. The maximum absolute atomic E-state index is 12.3. The van der Waals surface area contributed by atoms with E-state index >= 15 is 0 Å². The van der Waals surface area contributed by atoms with E-state index in [-0.39, 0.29) is 19.3 Å². The molecule has 8 heteroatoms. The number of benzene rings is 1. The van der Waals surface area contributed by atoms with Gasteiger partial charge in [0.2, 0.25) is 5.95 Å². The zero-order valence-electron chi connectivity index (χ0n) is 16.2. The molecule has 0 spiro atoms. The molecule has 0 saturated carbocycles. The van der Waals surface area contributed by atoms with Gasteiger partial charge in [-0.05, 0) is 37.5 Å². The van der Waals surface area contributed by atoms with E-state index in [0.29, 0.717) is 23.9 Å². The Bertz CT molecular complexity index is 797. The molecule has 28 heavy (non-hydrogen) atoms. The van der Waals surface area contributed by atoms with Gasteiger partial charge in [-0.15, -0.1) is 0 Å². The van der Waals surface area contributed by atoms with Gasteiger partial charge in [-0.1, -0.05) is 12.1 Å². The first-order chi connectivity index (χ1) is 13.7. The summed E-state index contributed by atoms with van der Waals surface area (Å²) in [6.45, 7) is 3.35. The smallest absolute Gasteiger partial charge is 0.343 e. The standard InChI is InChI=1S/C20H26N4O4/c1-3-28-19(26)17-12-22-20(24-10-4-5-15(24)13-25)23-18(17)21-11-14-6-8-16(27-2)9-7-14/h6-9,12,15,25H,3-5,10-11,13H2,1-2H3,(H,21,22,23)/t15-/m1/s1. The van der Waals surface area contributed by atoms with Crippen molar-refractivity contribution < 1.29 is 19.4 Å². The molecule has 1 aromatic carbocycles. The van der Waals surface area contributed by atoms with Crippen LogP contribution in [0.2, 0.25) is 0 Å². The van der Waals surface area contributed by atoms with Crippen LogP contribution in [0.4, 0.5) is 11.8 Å². The highest BCUT2D eigenvalue weighted by atomic mass is 16.5. The first-order valence-corrected chi connectivity index (χ1v) is 9.44. The molecule has 2 heterocycles. The largest absolute Gasteiger partial charge is 0.497 e. The van der Waals surface area contributed by atoms with Gasteiger partial charge >= 0.3 is 5.97 Å². The quantitative estimate of drug-likeness (QED) is 0.667. The zero-order valence-corrected chi connectivity index (χ0v) is 16.2. The van der Waals surface area contributed by atoms with Gasteiger partial charge in [0.15, 0.2) is 0 Å². The fraction of sp³-hybridized carbons (Fsp3) is 0.450. The van der Waals surface area contributed by atoms with Gasteiger partial charge < -0.3 is 24.8 Å². The average Bonchev–Trinajstić information content (AvgIpc) is 3.21. The number of anilines is 2. The van der Waals surface area contributed by atoms with Crippen LogP contribution in [0.1, 0.15) is 35.7 Å². The molecule has 1 saturated heterocycles. The van der Waals surface area contributed by atoms with Crippen molar-refractivity contribution in [2.24, 2.45) is 0 Å². The number of carbonyl (C=O) groups is 1. The maximum Gasteiger partial charge on any atom is 0.343 e. The number of hydrogen-bond acceptors (Lipinski definition) is 8. The Balaban J connectivity index is 1.83. The molecule has 1 aromatic heterocycles. The number of carbonyl (C=O) groups excluding carboxylic acids is 1. The minimum atomic E-state index is -0.466. The molecule has 8 nitrogen and oxygen atoms in total. The highest BCUT2D eigenvalue weighted by Crippen LogP contribution is 2.25. The fourth-order valence-corrected chi connectivity index (χ4v) is 3.22. The Kier molecular flexibility index (Phi) is 6.65. The van der Waals surface area contributed by atoms with Crippen LogP contribution in [0, 0.1) is 0 Å². The summed E-state index contributed by atoms with van der Waals surface area (Å²) in [5, 5.41) is 12.8. The van der Waals surface area contributed by atoms with Crippen molar-refractivity contribution in [3.63, 3.8) is 0 Å². The van der Waals surface area contributed by atoms with Crippen LogP contribution >= 0.6 is 0 Å². The summed E-state index contributed by atoms with van der Waals surface area (Å²) in [6.07, 6.45) is 3.36. The third kappa shape index (κ3) is 4.51. The van der Waals surface area contributed by atoms with Gasteiger partial charge in [-0.25, -0.2) is 9.78 Å². The molecule has 0 aliphatic carbocycles. The molecular weight excluding hydrogens is 360 g/mol. The second-order valence-corrected chi connectivity index (χ2v) is 6.53. The minimum absolute atomic E-state index is 0.00267. The molecule has 1 aliphatic rings. The summed E-state index contributed by atoms with van der Waals surface area (Å²) >= 11 is 0. The SMILES string of the molecule is CCOC(=O)c1cnc(N2CCC[C@@H]2CO)nc1NCc1ccc(OC)cc1. The topological polar surface area (TPSA) is 96.8 Å². The lowest BCUT2D eigenvalue weighted by Crippen LogP contribution is -2.33. The van der Waals surface area contributed by atoms with Crippen molar-refractivity contribution in [2.75, 3.05) is 37.1 Å². The van der Waals surface area contributed by atoms with E-state index in [0.717, 1.165) is 30.7 Å². The number of esters is 1. The number of rotatable bonds is 8. The second kappa shape index (κ2) is 9.36. The van der Waals surface area contributed by atoms with Crippen LogP contribution in [-0.2, 0) is 11.3 Å². The average molecular weight is 386 g/mol. The highest BCUT2D eigenvalue weighted by Gasteiger charge is 2.27. The van der Waals surface area contributed by atoms with Crippen molar-refractivity contribution in [2.45, 2.75) is 32.4 Å². The summed E-state index contributed by atoms with van der Waals surface area (Å²) in [5.74, 6) is 1.24. The molecular formula is C20H26N4O4. The molecule has 0 radical (unpaired) electrons. The van der Waals surface area contributed by atoms with Gasteiger partial charge in [-0.3, -0.25) is 0 Å². The Hall–Kier alpha value is -2.87. The normalized spacial score (nSPS) is 16.1. The number of methoxy groups -OCH3 is 1. The molecule has 1 atom stereocenters. The number of ether oxygens (including phenoxy) is 2. The van der Waals surface area contributed by atoms with E-state index in [1.165, 1.54) is 6.20 Å². The third-order valence-corrected chi connectivity index (χ3v) is 4.74. The van der Waals surface area contributed by atoms with Gasteiger partial charge in [0.05, 0.1) is 26.4 Å². The van der Waals surface area contributed by atoms with E-state index in [2.05, 4.69) is 15.3 Å². The number of aliphatic hydroxyl groups is 1. The Morgan fingerprint density at radius 3 is 2.82 bits per heavy atom. The second-order valence-electron chi connectivity index (χ2n) is 6.53. The predicted octanol–water partition coefficient (Wildman–Crippen LogP) is 2.24. The van der Waals surface area contributed by atoms with E-state index in [1.807, 2.05) is 29.2 Å². The van der Waals surface area contributed by atoms with E-state index in [4.69, 9.17) is 9.47 Å². The molecule has 2 aromatic rings. The Morgan fingerprint density at radius 2 is 2.14 bits per heavy atom. The van der Waals surface area contributed by atoms with Crippen LogP contribution in [0.25, 0.3) is 0 Å². The number of hydrogen-bond donors (Lipinski definition) is 2. The number of aliphatic hydroxyl groups excluding tert-OH is 1. The van der Waals surface area contributed by atoms with Crippen LogP contribution in [0.5, 0.6) is 5.75 Å². The highest BCUT2D eigenvalue weighted by molar-refractivity contribution is 5.94. The van der Waals surface area contributed by atoms with Gasteiger partial charge in [0.25, 0.3) is 0 Å². The van der Waals surface area contributed by atoms with Crippen molar-refractivity contribution >= 4 is 17.7 Å². The molecule has 1 fully saturated rings.